The smallest absolute Gasteiger partial charge is 0.161 e. The number of likely N-dealkylation sites (tertiary alicyclic amines) is 1. The van der Waals surface area contributed by atoms with Crippen LogP contribution < -0.4 is 14.2 Å². The largest absolute Gasteiger partial charge is 0.487 e. The average molecular weight is 339 g/mol. The van der Waals surface area contributed by atoms with Crippen LogP contribution in [0.3, 0.4) is 0 Å². The highest BCUT2D eigenvalue weighted by atomic mass is 16.6. The molecule has 4 nitrogen and oxygen atoms in total. The van der Waals surface area contributed by atoms with E-state index in [2.05, 4.69) is 11.8 Å². The van der Waals surface area contributed by atoms with Gasteiger partial charge in [0, 0.05) is 19.6 Å². The first-order valence-electron chi connectivity index (χ1n) is 9.05. The van der Waals surface area contributed by atoms with Crippen LogP contribution in [0.4, 0.5) is 0 Å². The van der Waals surface area contributed by atoms with Gasteiger partial charge in [0.25, 0.3) is 0 Å². The second-order valence-electron chi connectivity index (χ2n) is 7.16. The highest BCUT2D eigenvalue weighted by Crippen LogP contribution is 2.32. The second-order valence-corrected chi connectivity index (χ2v) is 7.16. The maximum Gasteiger partial charge on any atom is 0.161 e. The molecule has 2 aromatic carbocycles. The standard InChI is InChI=1S/C21H25NO3/c1-21(25-17-7-3-2-4-8-17)11-13-22(14-12-21)15-18-16-23-19-9-5-6-10-20(19)24-18/h2-10,18H,11-16H2,1H3. The number of benzene rings is 2. The predicted molar refractivity (Wildman–Crippen MR) is 97.5 cm³/mol. The summed E-state index contributed by atoms with van der Waals surface area (Å²) >= 11 is 0. The highest BCUT2D eigenvalue weighted by molar-refractivity contribution is 5.40. The summed E-state index contributed by atoms with van der Waals surface area (Å²) in [6.45, 7) is 5.77. The number of ether oxygens (including phenoxy) is 3. The van der Waals surface area contributed by atoms with Crippen molar-refractivity contribution in [3.05, 3.63) is 54.6 Å². The molecule has 0 bridgehead atoms. The minimum atomic E-state index is -0.0889. The van der Waals surface area contributed by atoms with Crippen LogP contribution in [-0.4, -0.2) is 42.8 Å². The Hall–Kier alpha value is -2.20. The fourth-order valence-corrected chi connectivity index (χ4v) is 3.52. The molecule has 4 rings (SSSR count). The zero-order valence-corrected chi connectivity index (χ0v) is 14.7. The van der Waals surface area contributed by atoms with Crippen LogP contribution >= 0.6 is 0 Å². The van der Waals surface area contributed by atoms with Crippen LogP contribution in [-0.2, 0) is 0 Å². The molecule has 0 amide bonds. The first-order chi connectivity index (χ1) is 12.2. The van der Waals surface area contributed by atoms with Gasteiger partial charge in [0.15, 0.2) is 11.5 Å². The monoisotopic (exact) mass is 339 g/mol. The summed E-state index contributed by atoms with van der Waals surface area (Å²) < 4.78 is 18.2. The van der Waals surface area contributed by atoms with E-state index in [-0.39, 0.29) is 11.7 Å². The minimum Gasteiger partial charge on any atom is -0.487 e. The molecule has 2 aliphatic heterocycles. The molecule has 132 valence electrons. The Morgan fingerprint density at radius 2 is 1.68 bits per heavy atom. The van der Waals surface area contributed by atoms with Gasteiger partial charge in [-0.05, 0) is 44.0 Å². The Labute approximate surface area is 149 Å². The Morgan fingerprint density at radius 1 is 1.00 bits per heavy atom. The van der Waals surface area contributed by atoms with Gasteiger partial charge in [0.05, 0.1) is 0 Å². The van der Waals surface area contributed by atoms with E-state index in [0.717, 1.165) is 49.7 Å². The molecule has 2 heterocycles. The van der Waals surface area contributed by atoms with Crippen molar-refractivity contribution in [1.82, 2.24) is 4.90 Å². The van der Waals surface area contributed by atoms with Crippen LogP contribution in [0.5, 0.6) is 17.2 Å². The molecule has 1 atom stereocenters. The fourth-order valence-electron chi connectivity index (χ4n) is 3.52. The average Bonchev–Trinajstić information content (AvgIpc) is 2.64. The normalized spacial score (nSPS) is 22.4. The van der Waals surface area contributed by atoms with Crippen molar-refractivity contribution in [2.24, 2.45) is 0 Å². The van der Waals surface area contributed by atoms with Crippen LogP contribution in [0.2, 0.25) is 0 Å². The second kappa shape index (κ2) is 6.96. The molecule has 0 saturated carbocycles. The first kappa shape index (κ1) is 16.3. The lowest BCUT2D eigenvalue weighted by Crippen LogP contribution is -2.49. The van der Waals surface area contributed by atoms with Gasteiger partial charge in [-0.2, -0.15) is 0 Å². The molecule has 2 aliphatic rings. The SMILES string of the molecule is CC1(Oc2ccccc2)CCN(CC2COc3ccccc3O2)CC1. The third kappa shape index (κ3) is 3.90. The molecule has 25 heavy (non-hydrogen) atoms. The number of fused-ring (bicyclic) bond motifs is 1. The molecular weight excluding hydrogens is 314 g/mol. The summed E-state index contributed by atoms with van der Waals surface area (Å²) in [5.74, 6) is 2.66. The summed E-state index contributed by atoms with van der Waals surface area (Å²) in [6.07, 6.45) is 2.13. The molecule has 0 aromatic heterocycles. The fraction of sp³-hybridized carbons (Fsp3) is 0.429. The van der Waals surface area contributed by atoms with Gasteiger partial charge in [-0.25, -0.2) is 0 Å². The van der Waals surface area contributed by atoms with Gasteiger partial charge in [0.1, 0.15) is 24.1 Å². The Bertz CT molecular complexity index is 695. The van der Waals surface area contributed by atoms with Crippen molar-refractivity contribution >= 4 is 0 Å². The van der Waals surface area contributed by atoms with Gasteiger partial charge in [-0.15, -0.1) is 0 Å². The molecule has 1 unspecified atom stereocenters. The molecule has 0 radical (unpaired) electrons. The van der Waals surface area contributed by atoms with Crippen molar-refractivity contribution in [3.63, 3.8) is 0 Å². The third-order valence-electron chi connectivity index (χ3n) is 5.05. The molecule has 1 fully saturated rings. The Balaban J connectivity index is 1.29. The lowest BCUT2D eigenvalue weighted by Gasteiger charge is -2.41. The zero-order valence-electron chi connectivity index (χ0n) is 14.7. The quantitative estimate of drug-likeness (QED) is 0.849. The van der Waals surface area contributed by atoms with E-state index in [1.54, 1.807) is 0 Å². The highest BCUT2D eigenvalue weighted by Gasteiger charge is 2.33. The number of rotatable bonds is 4. The number of piperidine rings is 1. The summed E-state index contributed by atoms with van der Waals surface area (Å²) in [7, 11) is 0. The van der Waals surface area contributed by atoms with Crippen LogP contribution in [0.1, 0.15) is 19.8 Å². The lowest BCUT2D eigenvalue weighted by atomic mass is 9.93. The van der Waals surface area contributed by atoms with E-state index < -0.39 is 0 Å². The van der Waals surface area contributed by atoms with Crippen molar-refractivity contribution < 1.29 is 14.2 Å². The topological polar surface area (TPSA) is 30.9 Å². The Morgan fingerprint density at radius 3 is 2.44 bits per heavy atom. The van der Waals surface area contributed by atoms with Gasteiger partial charge < -0.3 is 14.2 Å². The van der Waals surface area contributed by atoms with Crippen LogP contribution in [0.25, 0.3) is 0 Å². The summed E-state index contributed by atoms with van der Waals surface area (Å²) in [4.78, 5) is 2.46. The van der Waals surface area contributed by atoms with Crippen molar-refractivity contribution in [2.75, 3.05) is 26.2 Å². The Kier molecular flexibility index (Phi) is 4.53. The maximum absolute atomic E-state index is 6.24. The lowest BCUT2D eigenvalue weighted by molar-refractivity contribution is -0.00437. The minimum absolute atomic E-state index is 0.0889. The van der Waals surface area contributed by atoms with Crippen molar-refractivity contribution in [2.45, 2.75) is 31.5 Å². The summed E-state index contributed by atoms with van der Waals surface area (Å²) in [5.41, 5.74) is -0.0889. The van der Waals surface area contributed by atoms with Crippen LogP contribution in [0.15, 0.2) is 54.6 Å². The zero-order chi connectivity index (χ0) is 17.1. The van der Waals surface area contributed by atoms with Gasteiger partial charge in [-0.3, -0.25) is 4.90 Å². The molecule has 1 saturated heterocycles. The van der Waals surface area contributed by atoms with E-state index in [4.69, 9.17) is 14.2 Å². The summed E-state index contributed by atoms with van der Waals surface area (Å²) in [6, 6.07) is 18.0. The molecule has 4 heteroatoms. The molecule has 0 N–H and O–H groups in total. The van der Waals surface area contributed by atoms with Gasteiger partial charge in [-0.1, -0.05) is 30.3 Å². The number of para-hydroxylation sites is 3. The van der Waals surface area contributed by atoms with Crippen LogP contribution in [0, 0.1) is 0 Å². The number of hydrogen-bond donors (Lipinski definition) is 0. The van der Waals surface area contributed by atoms with E-state index >= 15 is 0 Å². The predicted octanol–water partition coefficient (Wildman–Crippen LogP) is 3.76. The van der Waals surface area contributed by atoms with Gasteiger partial charge in [0.2, 0.25) is 0 Å². The van der Waals surface area contributed by atoms with Crippen molar-refractivity contribution in [1.29, 1.82) is 0 Å². The molecule has 0 aliphatic carbocycles. The number of nitrogens with zero attached hydrogens (tertiary/aromatic N) is 1. The maximum atomic E-state index is 6.24. The van der Waals surface area contributed by atoms with E-state index in [9.17, 15) is 0 Å². The van der Waals surface area contributed by atoms with E-state index in [1.807, 2.05) is 54.6 Å². The molecule has 0 spiro atoms. The first-order valence-corrected chi connectivity index (χ1v) is 9.05. The van der Waals surface area contributed by atoms with Gasteiger partial charge >= 0.3 is 0 Å². The molecular formula is C21H25NO3. The van der Waals surface area contributed by atoms with Crippen molar-refractivity contribution in [3.8, 4) is 17.2 Å². The third-order valence-corrected chi connectivity index (χ3v) is 5.05. The molecule has 2 aromatic rings. The van der Waals surface area contributed by atoms with E-state index in [0.29, 0.717) is 6.61 Å². The van der Waals surface area contributed by atoms with E-state index in [1.165, 1.54) is 0 Å². The summed E-state index contributed by atoms with van der Waals surface area (Å²) in [5, 5.41) is 0. The number of hydrogen-bond acceptors (Lipinski definition) is 4.